The molecule has 0 aromatic heterocycles. The van der Waals surface area contributed by atoms with E-state index in [-0.39, 0.29) is 5.75 Å². The van der Waals surface area contributed by atoms with Gasteiger partial charge in [-0.15, -0.1) is 0 Å². The average Bonchev–Trinajstić information content (AvgIpc) is 2.24. The number of hydrogen-bond donors (Lipinski definition) is 2. The molecule has 20 heavy (non-hydrogen) atoms. The minimum Gasteiger partial charge on any atom is -0.285 e. The highest BCUT2D eigenvalue weighted by Crippen LogP contribution is 2.01. The molecule has 2 N–H and O–H groups in total. The average molecular weight is 320 g/mol. The van der Waals surface area contributed by atoms with E-state index in [4.69, 9.17) is 9.11 Å². The molecular weight excluding hydrogens is 304 g/mol. The molecule has 0 bridgehead atoms. The lowest BCUT2D eigenvalue weighted by Crippen LogP contribution is -2.03. The van der Waals surface area contributed by atoms with Crippen LogP contribution in [-0.4, -0.2) is 31.7 Å². The molecule has 0 fully saturated rings. The fraction of sp³-hybridized carbons (Fsp3) is 0.167. The van der Waals surface area contributed by atoms with Gasteiger partial charge >= 0.3 is 0 Å². The molecule has 0 saturated heterocycles. The second kappa shape index (κ2) is 7.95. The summed E-state index contributed by atoms with van der Waals surface area (Å²) in [4.78, 5) is 0. The highest BCUT2D eigenvalue weighted by molar-refractivity contribution is 7.88. The number of rotatable bonds is 4. The molecule has 0 saturated carbocycles. The van der Waals surface area contributed by atoms with Gasteiger partial charge in [0, 0.05) is 0 Å². The van der Waals surface area contributed by atoms with E-state index < -0.39 is 20.2 Å². The Balaban J connectivity index is 0.000000396. The van der Waals surface area contributed by atoms with Crippen molar-refractivity contribution in [2.45, 2.75) is 6.92 Å². The van der Waals surface area contributed by atoms with Crippen LogP contribution in [-0.2, 0) is 20.2 Å². The lowest BCUT2D eigenvalue weighted by Gasteiger charge is -1.90. The standard InChI is InChI=1S/C8H8O3S.C4H8O3S/c9-12(10,11)7-6-8-4-2-1-3-5-8;1-4(2)3-8(5,6)7/h1-7H,(H,9,10,11);1,3H2,2H3,(H,5,6,7). The van der Waals surface area contributed by atoms with Crippen LogP contribution < -0.4 is 0 Å². The van der Waals surface area contributed by atoms with Crippen molar-refractivity contribution in [3.8, 4) is 0 Å². The van der Waals surface area contributed by atoms with Crippen LogP contribution in [0.15, 0.2) is 47.9 Å². The molecular formula is C12H16O6S2. The monoisotopic (exact) mass is 320 g/mol. The second-order valence-electron chi connectivity index (χ2n) is 3.91. The van der Waals surface area contributed by atoms with Crippen LogP contribution in [0.3, 0.4) is 0 Å². The fourth-order valence-electron chi connectivity index (χ4n) is 1.04. The second-order valence-corrected chi connectivity index (χ2v) is 6.67. The molecule has 0 aliphatic carbocycles. The summed E-state index contributed by atoms with van der Waals surface area (Å²) in [5, 5.41) is 0.752. The lowest BCUT2D eigenvalue weighted by atomic mass is 10.2. The van der Waals surface area contributed by atoms with Crippen molar-refractivity contribution >= 4 is 26.3 Å². The van der Waals surface area contributed by atoms with Crippen molar-refractivity contribution in [3.05, 3.63) is 53.5 Å². The van der Waals surface area contributed by atoms with Gasteiger partial charge in [-0.05, 0) is 18.6 Å². The Morgan fingerprint density at radius 1 is 1.15 bits per heavy atom. The van der Waals surface area contributed by atoms with Crippen LogP contribution in [0.2, 0.25) is 0 Å². The summed E-state index contributed by atoms with van der Waals surface area (Å²) in [5.74, 6) is -0.340. The van der Waals surface area contributed by atoms with E-state index in [1.165, 1.54) is 13.0 Å². The van der Waals surface area contributed by atoms with E-state index in [1.54, 1.807) is 24.3 Å². The SMILES string of the molecule is C=C(C)CS(=O)(=O)O.O=S(=O)(O)C=Cc1ccccc1. The third kappa shape index (κ3) is 13.0. The molecule has 112 valence electrons. The summed E-state index contributed by atoms with van der Waals surface area (Å²) >= 11 is 0. The number of hydrogen-bond acceptors (Lipinski definition) is 4. The minimum atomic E-state index is -4.00. The summed E-state index contributed by atoms with van der Waals surface area (Å²) in [5.41, 5.74) is 1.17. The Hall–Kier alpha value is -1.48. The van der Waals surface area contributed by atoms with Gasteiger partial charge in [-0.25, -0.2) is 0 Å². The van der Waals surface area contributed by atoms with Crippen molar-refractivity contribution in [1.29, 1.82) is 0 Å². The molecule has 0 unspecified atom stereocenters. The highest BCUT2D eigenvalue weighted by atomic mass is 32.2. The minimum absolute atomic E-state index is 0.340. The van der Waals surface area contributed by atoms with E-state index >= 15 is 0 Å². The maximum Gasteiger partial charge on any atom is 0.287 e. The van der Waals surface area contributed by atoms with E-state index in [1.807, 2.05) is 6.07 Å². The zero-order valence-corrected chi connectivity index (χ0v) is 12.4. The smallest absolute Gasteiger partial charge is 0.285 e. The maximum atomic E-state index is 10.3. The first-order valence-corrected chi connectivity index (χ1v) is 8.41. The van der Waals surface area contributed by atoms with Crippen molar-refractivity contribution in [2.24, 2.45) is 0 Å². The largest absolute Gasteiger partial charge is 0.287 e. The quantitative estimate of drug-likeness (QED) is 0.648. The zero-order valence-electron chi connectivity index (χ0n) is 10.8. The normalized spacial score (nSPS) is 11.8. The first kappa shape index (κ1) is 18.5. The van der Waals surface area contributed by atoms with Crippen LogP contribution in [0.4, 0.5) is 0 Å². The maximum absolute atomic E-state index is 10.3. The van der Waals surface area contributed by atoms with Crippen LogP contribution in [0.25, 0.3) is 6.08 Å². The van der Waals surface area contributed by atoms with E-state index in [0.717, 1.165) is 11.0 Å². The third-order valence-corrected chi connectivity index (χ3v) is 3.00. The molecule has 0 heterocycles. The number of benzene rings is 1. The first-order valence-electron chi connectivity index (χ1n) is 5.30. The highest BCUT2D eigenvalue weighted by Gasteiger charge is 2.01. The molecule has 1 aromatic carbocycles. The molecule has 0 spiro atoms. The Bertz CT molecular complexity index is 657. The molecule has 0 aliphatic rings. The molecule has 1 rings (SSSR count). The molecule has 1 aromatic rings. The Kier molecular flexibility index (Phi) is 7.36. The van der Waals surface area contributed by atoms with Gasteiger partial charge < -0.3 is 0 Å². The van der Waals surface area contributed by atoms with E-state index in [2.05, 4.69) is 6.58 Å². The van der Waals surface area contributed by atoms with Gasteiger partial charge in [0.2, 0.25) is 0 Å². The summed E-state index contributed by atoms with van der Waals surface area (Å²) in [7, 11) is -7.83. The summed E-state index contributed by atoms with van der Waals surface area (Å²) in [6, 6.07) is 8.86. The summed E-state index contributed by atoms with van der Waals surface area (Å²) < 4.78 is 56.9. The van der Waals surface area contributed by atoms with Gasteiger partial charge in [0.15, 0.2) is 0 Å². The molecule has 0 aliphatic heterocycles. The topological polar surface area (TPSA) is 109 Å². The van der Waals surface area contributed by atoms with Crippen LogP contribution in [0, 0.1) is 0 Å². The van der Waals surface area contributed by atoms with Gasteiger partial charge in [0.1, 0.15) is 0 Å². The van der Waals surface area contributed by atoms with Gasteiger partial charge in [0.05, 0.1) is 11.2 Å². The summed E-state index contributed by atoms with van der Waals surface area (Å²) in [6.45, 7) is 4.84. The van der Waals surface area contributed by atoms with Crippen LogP contribution in [0.5, 0.6) is 0 Å². The van der Waals surface area contributed by atoms with Crippen molar-refractivity contribution < 1.29 is 25.9 Å². The zero-order chi connectivity index (χ0) is 15.8. The van der Waals surface area contributed by atoms with Crippen molar-refractivity contribution in [2.75, 3.05) is 5.75 Å². The van der Waals surface area contributed by atoms with Gasteiger partial charge in [-0.1, -0.05) is 42.5 Å². The fourth-order valence-corrected chi connectivity index (χ4v) is 1.99. The third-order valence-electron chi connectivity index (χ3n) is 1.66. The predicted molar refractivity (Wildman–Crippen MR) is 78.3 cm³/mol. The first-order chi connectivity index (χ1) is 8.99. The molecule has 0 amide bonds. The van der Waals surface area contributed by atoms with Crippen LogP contribution in [0.1, 0.15) is 12.5 Å². The van der Waals surface area contributed by atoms with Crippen LogP contribution >= 0.6 is 0 Å². The molecule has 6 nitrogen and oxygen atoms in total. The Morgan fingerprint density at radius 2 is 1.65 bits per heavy atom. The van der Waals surface area contributed by atoms with Gasteiger partial charge in [0.25, 0.3) is 20.2 Å². The molecule has 0 atom stereocenters. The predicted octanol–water partition coefficient (Wildman–Crippen LogP) is 2.00. The Labute approximate surface area is 119 Å². The Morgan fingerprint density at radius 3 is 1.95 bits per heavy atom. The van der Waals surface area contributed by atoms with Gasteiger partial charge in [-0.3, -0.25) is 9.11 Å². The summed E-state index contributed by atoms with van der Waals surface area (Å²) in [6.07, 6.45) is 1.33. The van der Waals surface area contributed by atoms with Crippen molar-refractivity contribution in [3.63, 3.8) is 0 Å². The van der Waals surface area contributed by atoms with E-state index in [9.17, 15) is 16.8 Å². The van der Waals surface area contributed by atoms with E-state index in [0.29, 0.717) is 5.57 Å². The van der Waals surface area contributed by atoms with Crippen molar-refractivity contribution in [1.82, 2.24) is 0 Å². The molecule has 8 heteroatoms. The lowest BCUT2D eigenvalue weighted by molar-refractivity contribution is 0.485. The van der Waals surface area contributed by atoms with Gasteiger partial charge in [-0.2, -0.15) is 16.8 Å². The molecule has 0 radical (unpaired) electrons.